The largest absolute Gasteiger partial charge is 0.494 e. The first kappa shape index (κ1) is 20.3. The fraction of sp³-hybridized carbons (Fsp3) is 0.364. The van der Waals surface area contributed by atoms with Gasteiger partial charge >= 0.3 is 0 Å². The van der Waals surface area contributed by atoms with E-state index in [0.717, 1.165) is 35.5 Å². The van der Waals surface area contributed by atoms with Crippen molar-refractivity contribution in [2.45, 2.75) is 38.5 Å². The van der Waals surface area contributed by atoms with Gasteiger partial charge in [0, 0.05) is 17.8 Å². The molecule has 1 N–H and O–H groups in total. The third kappa shape index (κ3) is 4.87. The molecule has 6 heteroatoms. The van der Waals surface area contributed by atoms with Crippen LogP contribution in [-0.4, -0.2) is 24.2 Å². The Kier molecular flexibility index (Phi) is 6.98. The zero-order valence-corrected chi connectivity index (χ0v) is 17.1. The third-order valence-electron chi connectivity index (χ3n) is 4.53. The molecule has 0 saturated carbocycles. The van der Waals surface area contributed by atoms with Crippen LogP contribution in [0.25, 0.3) is 0 Å². The van der Waals surface area contributed by atoms with E-state index < -0.39 is 0 Å². The fourth-order valence-electron chi connectivity index (χ4n) is 3.11. The Hall–Kier alpha value is -2.47. The summed E-state index contributed by atoms with van der Waals surface area (Å²) in [6, 6.07) is 15.4. The molecule has 0 aliphatic carbocycles. The lowest BCUT2D eigenvalue weighted by molar-refractivity contribution is -0.116. The molecular weight excluding hydrogens is 372 g/mol. The summed E-state index contributed by atoms with van der Waals surface area (Å²) >= 11 is 1.61. The van der Waals surface area contributed by atoms with Gasteiger partial charge in [0.25, 0.3) is 0 Å². The number of thioether (sulfide) groups is 1. The highest BCUT2D eigenvalue weighted by atomic mass is 32.2. The highest BCUT2D eigenvalue weighted by Gasteiger charge is 2.34. The molecular formula is C22H26N2O3S. The molecule has 2 aromatic carbocycles. The van der Waals surface area contributed by atoms with Gasteiger partial charge in [-0.2, -0.15) is 0 Å². The minimum atomic E-state index is -0.0738. The van der Waals surface area contributed by atoms with Gasteiger partial charge in [0.05, 0.1) is 12.4 Å². The Labute approximate surface area is 170 Å². The third-order valence-corrected chi connectivity index (χ3v) is 5.74. The number of carbonyl (C=O) groups is 2. The van der Waals surface area contributed by atoms with Gasteiger partial charge < -0.3 is 10.1 Å². The van der Waals surface area contributed by atoms with Crippen LogP contribution in [0.2, 0.25) is 0 Å². The van der Waals surface area contributed by atoms with Gasteiger partial charge in [0.15, 0.2) is 0 Å². The number of ether oxygens (including phenoxy) is 1. The van der Waals surface area contributed by atoms with Gasteiger partial charge in [0.1, 0.15) is 11.1 Å². The topological polar surface area (TPSA) is 58.6 Å². The van der Waals surface area contributed by atoms with Crippen LogP contribution in [0.1, 0.15) is 44.0 Å². The first-order chi connectivity index (χ1) is 13.6. The van der Waals surface area contributed by atoms with Gasteiger partial charge in [0.2, 0.25) is 11.8 Å². The smallest absolute Gasteiger partial charge is 0.238 e. The molecule has 0 bridgehead atoms. The van der Waals surface area contributed by atoms with Crippen LogP contribution in [0.4, 0.5) is 11.4 Å². The quantitative estimate of drug-likeness (QED) is 0.680. The van der Waals surface area contributed by atoms with Crippen LogP contribution in [0.5, 0.6) is 5.75 Å². The first-order valence-corrected chi connectivity index (χ1v) is 10.7. The number of nitrogens with one attached hydrogen (secondary N) is 1. The number of anilines is 2. The predicted octanol–water partition coefficient (Wildman–Crippen LogP) is 4.99. The maximum absolute atomic E-state index is 12.5. The zero-order valence-electron chi connectivity index (χ0n) is 16.3. The highest BCUT2D eigenvalue weighted by molar-refractivity contribution is 8.00. The second-order valence-electron chi connectivity index (χ2n) is 6.63. The van der Waals surface area contributed by atoms with E-state index in [-0.39, 0.29) is 17.2 Å². The molecule has 1 aliphatic heterocycles. The summed E-state index contributed by atoms with van der Waals surface area (Å²) in [5.41, 5.74) is 2.68. The summed E-state index contributed by atoms with van der Waals surface area (Å²) in [6.45, 7) is 4.63. The van der Waals surface area contributed by atoms with Gasteiger partial charge in [-0.3, -0.25) is 14.5 Å². The van der Waals surface area contributed by atoms with Crippen molar-refractivity contribution in [1.82, 2.24) is 0 Å². The minimum absolute atomic E-state index is 0.0380. The van der Waals surface area contributed by atoms with E-state index in [1.807, 2.05) is 60.4 Å². The summed E-state index contributed by atoms with van der Waals surface area (Å²) in [4.78, 5) is 26.2. The average molecular weight is 399 g/mol. The normalized spacial score (nSPS) is 16.3. The maximum atomic E-state index is 12.5. The van der Waals surface area contributed by atoms with Crippen LogP contribution in [0, 0.1) is 0 Å². The number of nitrogens with zero attached hydrogens (tertiary/aromatic N) is 1. The van der Waals surface area contributed by atoms with Crippen molar-refractivity contribution in [2.24, 2.45) is 0 Å². The van der Waals surface area contributed by atoms with Crippen LogP contribution >= 0.6 is 11.8 Å². The number of benzene rings is 2. The lowest BCUT2D eigenvalue weighted by Crippen LogP contribution is -2.27. The second-order valence-corrected chi connectivity index (χ2v) is 7.70. The highest BCUT2D eigenvalue weighted by Crippen LogP contribution is 2.42. The fourth-order valence-corrected chi connectivity index (χ4v) is 4.29. The Morgan fingerprint density at radius 1 is 1.14 bits per heavy atom. The number of hydrogen-bond acceptors (Lipinski definition) is 4. The van der Waals surface area contributed by atoms with Gasteiger partial charge in [-0.25, -0.2) is 0 Å². The molecule has 1 fully saturated rings. The summed E-state index contributed by atoms with van der Waals surface area (Å²) in [5.74, 6) is 1.38. The van der Waals surface area contributed by atoms with Gasteiger partial charge in [-0.15, -0.1) is 11.8 Å². The number of rotatable bonds is 8. The second kappa shape index (κ2) is 9.64. The number of carbonyl (C=O) groups excluding carboxylic acids is 2. The average Bonchev–Trinajstić information content (AvgIpc) is 3.09. The van der Waals surface area contributed by atoms with E-state index in [1.54, 1.807) is 11.8 Å². The van der Waals surface area contributed by atoms with Crippen molar-refractivity contribution in [3.63, 3.8) is 0 Å². The van der Waals surface area contributed by atoms with E-state index >= 15 is 0 Å². The Balaban J connectivity index is 1.72. The van der Waals surface area contributed by atoms with Crippen LogP contribution in [0.15, 0.2) is 48.5 Å². The van der Waals surface area contributed by atoms with Crippen molar-refractivity contribution in [3.8, 4) is 5.75 Å². The SMILES string of the molecule is CCCCC(=O)Nc1ccc([C@@H]2SCC(=O)N2c2ccc(OCC)cc2)cc1. The summed E-state index contributed by atoms with van der Waals surface area (Å²) in [7, 11) is 0. The molecule has 0 spiro atoms. The van der Waals surface area contributed by atoms with Crippen molar-refractivity contribution in [1.29, 1.82) is 0 Å². The number of amides is 2. The number of unbranched alkanes of at least 4 members (excludes halogenated alkanes) is 1. The standard InChI is InChI=1S/C22H26N2O3S/c1-3-5-6-20(25)23-17-9-7-16(8-10-17)22-24(21(26)15-28-22)18-11-13-19(14-12-18)27-4-2/h7-14,22H,3-6,15H2,1-2H3,(H,23,25)/t22-/m0/s1. The molecule has 1 aliphatic rings. The molecule has 1 saturated heterocycles. The molecule has 0 radical (unpaired) electrons. The van der Waals surface area contributed by atoms with Gasteiger partial charge in [-0.1, -0.05) is 25.5 Å². The molecule has 1 heterocycles. The van der Waals surface area contributed by atoms with Crippen molar-refractivity contribution in [3.05, 3.63) is 54.1 Å². The molecule has 3 rings (SSSR count). The lowest BCUT2D eigenvalue weighted by atomic mass is 10.1. The predicted molar refractivity (Wildman–Crippen MR) is 115 cm³/mol. The summed E-state index contributed by atoms with van der Waals surface area (Å²) in [5, 5.41) is 2.85. The summed E-state index contributed by atoms with van der Waals surface area (Å²) in [6.07, 6.45) is 2.43. The van der Waals surface area contributed by atoms with E-state index in [9.17, 15) is 9.59 Å². The molecule has 28 heavy (non-hydrogen) atoms. The Morgan fingerprint density at radius 2 is 1.86 bits per heavy atom. The lowest BCUT2D eigenvalue weighted by Gasteiger charge is -2.24. The van der Waals surface area contributed by atoms with Crippen LogP contribution < -0.4 is 15.0 Å². The van der Waals surface area contributed by atoms with E-state index in [2.05, 4.69) is 12.2 Å². The molecule has 1 atom stereocenters. The van der Waals surface area contributed by atoms with Crippen molar-refractivity contribution in [2.75, 3.05) is 22.6 Å². The zero-order chi connectivity index (χ0) is 19.9. The molecule has 2 amide bonds. The maximum Gasteiger partial charge on any atom is 0.238 e. The minimum Gasteiger partial charge on any atom is -0.494 e. The Morgan fingerprint density at radius 3 is 2.50 bits per heavy atom. The molecule has 148 valence electrons. The number of hydrogen-bond donors (Lipinski definition) is 1. The van der Waals surface area contributed by atoms with Crippen molar-refractivity contribution < 1.29 is 14.3 Å². The molecule has 0 unspecified atom stereocenters. The molecule has 2 aromatic rings. The summed E-state index contributed by atoms with van der Waals surface area (Å²) < 4.78 is 5.49. The van der Waals surface area contributed by atoms with Gasteiger partial charge in [-0.05, 0) is 55.3 Å². The monoisotopic (exact) mass is 398 g/mol. The molecule has 5 nitrogen and oxygen atoms in total. The van der Waals surface area contributed by atoms with Crippen LogP contribution in [0.3, 0.4) is 0 Å². The van der Waals surface area contributed by atoms with E-state index in [0.29, 0.717) is 18.8 Å². The van der Waals surface area contributed by atoms with Crippen molar-refractivity contribution >= 4 is 35.0 Å². The Bertz CT molecular complexity index is 806. The first-order valence-electron chi connectivity index (χ1n) is 9.68. The van der Waals surface area contributed by atoms with E-state index in [1.165, 1.54) is 0 Å². The van der Waals surface area contributed by atoms with Crippen LogP contribution in [-0.2, 0) is 9.59 Å². The molecule has 0 aromatic heterocycles. The van der Waals surface area contributed by atoms with E-state index in [4.69, 9.17) is 4.74 Å².